The fourth-order valence-electron chi connectivity index (χ4n) is 1.41. The molecule has 0 saturated carbocycles. The average Bonchev–Trinajstić information content (AvgIpc) is 2.95. The van der Waals surface area contributed by atoms with Crippen molar-refractivity contribution in [3.05, 3.63) is 26.9 Å². The highest BCUT2D eigenvalue weighted by Crippen LogP contribution is 2.19. The number of nitrogens with one attached hydrogen (secondary N) is 1. The van der Waals surface area contributed by atoms with E-state index in [9.17, 15) is 4.79 Å². The van der Waals surface area contributed by atoms with Crippen molar-refractivity contribution in [1.29, 1.82) is 0 Å². The third-order valence-electron chi connectivity index (χ3n) is 2.28. The molecule has 0 bridgehead atoms. The first-order valence-corrected chi connectivity index (χ1v) is 7.32. The molecule has 1 amide bonds. The number of aromatic nitrogens is 2. The molecule has 0 radical (unpaired) electrons. The quantitative estimate of drug-likeness (QED) is 0.851. The smallest absolute Gasteiger partial charge is 0.249 e. The van der Waals surface area contributed by atoms with E-state index in [0.717, 1.165) is 27.9 Å². The van der Waals surface area contributed by atoms with E-state index in [1.54, 1.807) is 22.8 Å². The van der Waals surface area contributed by atoms with Crippen LogP contribution in [0.2, 0.25) is 0 Å². The van der Waals surface area contributed by atoms with Gasteiger partial charge in [0.05, 0.1) is 12.1 Å². The molecule has 7 heteroatoms. The summed E-state index contributed by atoms with van der Waals surface area (Å²) >= 11 is 3.08. The molecular weight excluding hydrogens is 268 g/mol. The van der Waals surface area contributed by atoms with Crippen LogP contribution in [0.25, 0.3) is 0 Å². The Hall–Kier alpha value is -1.47. The monoisotopic (exact) mass is 282 g/mol. The summed E-state index contributed by atoms with van der Waals surface area (Å²) in [5, 5.41) is 15.0. The van der Waals surface area contributed by atoms with Crippen LogP contribution < -0.4 is 11.1 Å². The summed E-state index contributed by atoms with van der Waals surface area (Å²) in [6, 6.07) is 1.80. The summed E-state index contributed by atoms with van der Waals surface area (Å²) in [5.41, 5.74) is 5.75. The third-order valence-corrected chi connectivity index (χ3v) is 4.16. The molecule has 0 saturated heterocycles. The third kappa shape index (κ3) is 3.27. The summed E-state index contributed by atoms with van der Waals surface area (Å²) in [7, 11) is 0. The summed E-state index contributed by atoms with van der Waals surface area (Å²) < 4.78 is 0. The van der Waals surface area contributed by atoms with Gasteiger partial charge in [-0.3, -0.25) is 4.79 Å². The van der Waals surface area contributed by atoms with Crippen LogP contribution in [0.15, 0.2) is 11.4 Å². The number of hydrogen-bond donors (Lipinski definition) is 2. The highest BCUT2D eigenvalue weighted by atomic mass is 32.1. The number of amides is 1. The number of nitrogens with zero attached hydrogens (tertiary/aromatic N) is 2. The van der Waals surface area contributed by atoms with E-state index in [-0.39, 0.29) is 0 Å². The Kier molecular flexibility index (Phi) is 4.27. The molecule has 18 heavy (non-hydrogen) atoms. The molecule has 2 rings (SSSR count). The maximum Gasteiger partial charge on any atom is 0.249 e. The number of rotatable bonds is 6. The van der Waals surface area contributed by atoms with Crippen LogP contribution in [0.4, 0.5) is 5.13 Å². The van der Waals surface area contributed by atoms with Gasteiger partial charge in [0, 0.05) is 16.7 Å². The van der Waals surface area contributed by atoms with Crippen LogP contribution >= 0.6 is 22.7 Å². The van der Waals surface area contributed by atoms with Crippen molar-refractivity contribution >= 4 is 33.7 Å². The predicted octanol–water partition coefficient (Wildman–Crippen LogP) is 2.26. The first-order valence-electron chi connectivity index (χ1n) is 5.62. The second kappa shape index (κ2) is 5.92. The van der Waals surface area contributed by atoms with Gasteiger partial charge in [-0.05, 0) is 12.5 Å². The van der Waals surface area contributed by atoms with Crippen molar-refractivity contribution in [3.8, 4) is 0 Å². The van der Waals surface area contributed by atoms with Gasteiger partial charge in [0.2, 0.25) is 11.0 Å². The Labute approximate surface area is 113 Å². The molecule has 0 aliphatic carbocycles. The van der Waals surface area contributed by atoms with E-state index < -0.39 is 5.91 Å². The Morgan fingerprint density at radius 3 is 3.00 bits per heavy atom. The number of carbonyl (C=O) groups is 1. The van der Waals surface area contributed by atoms with Gasteiger partial charge >= 0.3 is 0 Å². The highest BCUT2D eigenvalue weighted by molar-refractivity contribution is 7.15. The Bertz CT molecular complexity index is 535. The first kappa shape index (κ1) is 13.0. The zero-order chi connectivity index (χ0) is 13.0. The molecule has 2 heterocycles. The van der Waals surface area contributed by atoms with Crippen LogP contribution in [0, 0.1) is 0 Å². The SMILES string of the molecule is CCCc1nnc(NCc2cc(C(N)=O)cs2)s1. The van der Waals surface area contributed by atoms with E-state index in [4.69, 9.17) is 5.73 Å². The molecule has 0 aromatic carbocycles. The largest absolute Gasteiger partial charge is 0.366 e. The Balaban J connectivity index is 1.91. The van der Waals surface area contributed by atoms with Crippen molar-refractivity contribution < 1.29 is 4.79 Å². The minimum absolute atomic E-state index is 0.390. The lowest BCUT2D eigenvalue weighted by Crippen LogP contribution is -2.09. The van der Waals surface area contributed by atoms with Crippen LogP contribution in [-0.2, 0) is 13.0 Å². The molecular formula is C11H14N4OS2. The molecule has 5 nitrogen and oxygen atoms in total. The molecule has 0 spiro atoms. The van der Waals surface area contributed by atoms with Gasteiger partial charge in [0.1, 0.15) is 5.01 Å². The highest BCUT2D eigenvalue weighted by Gasteiger charge is 2.06. The molecule has 0 fully saturated rings. The number of primary amides is 1. The lowest BCUT2D eigenvalue weighted by molar-refractivity contribution is 0.100. The lowest BCUT2D eigenvalue weighted by Gasteiger charge is -1.97. The lowest BCUT2D eigenvalue weighted by atomic mass is 10.3. The minimum atomic E-state index is -0.390. The van der Waals surface area contributed by atoms with E-state index in [1.807, 2.05) is 0 Å². The summed E-state index contributed by atoms with van der Waals surface area (Å²) in [5.74, 6) is -0.390. The molecule has 0 unspecified atom stereocenters. The van der Waals surface area contributed by atoms with Gasteiger partial charge < -0.3 is 11.1 Å². The van der Waals surface area contributed by atoms with Crippen molar-refractivity contribution in [2.75, 3.05) is 5.32 Å². The Morgan fingerprint density at radius 2 is 2.33 bits per heavy atom. The standard InChI is InChI=1S/C11H14N4OS2/c1-2-3-9-14-15-11(18-9)13-5-8-4-7(6-17-8)10(12)16/h4,6H,2-3,5H2,1H3,(H2,12,16)(H,13,15). The van der Waals surface area contributed by atoms with Crippen LogP contribution in [0.3, 0.4) is 0 Å². The molecule has 2 aromatic rings. The van der Waals surface area contributed by atoms with E-state index >= 15 is 0 Å². The molecule has 0 aliphatic heterocycles. The van der Waals surface area contributed by atoms with Crippen molar-refractivity contribution in [3.63, 3.8) is 0 Å². The number of aryl methyl sites for hydroxylation is 1. The van der Waals surface area contributed by atoms with Crippen molar-refractivity contribution in [2.45, 2.75) is 26.3 Å². The number of thiophene rings is 1. The van der Waals surface area contributed by atoms with E-state index in [0.29, 0.717) is 12.1 Å². The fraction of sp³-hybridized carbons (Fsp3) is 0.364. The van der Waals surface area contributed by atoms with Gasteiger partial charge in [-0.25, -0.2) is 0 Å². The summed E-state index contributed by atoms with van der Waals surface area (Å²) in [4.78, 5) is 12.0. The summed E-state index contributed by atoms with van der Waals surface area (Å²) in [6.45, 7) is 2.75. The molecule has 96 valence electrons. The number of nitrogens with two attached hydrogens (primary N) is 1. The van der Waals surface area contributed by atoms with E-state index in [1.165, 1.54) is 11.3 Å². The number of anilines is 1. The number of carbonyl (C=O) groups excluding carboxylic acids is 1. The van der Waals surface area contributed by atoms with Crippen molar-refractivity contribution in [1.82, 2.24) is 10.2 Å². The number of hydrogen-bond acceptors (Lipinski definition) is 6. The predicted molar refractivity (Wildman–Crippen MR) is 74.1 cm³/mol. The van der Waals surface area contributed by atoms with Crippen molar-refractivity contribution in [2.24, 2.45) is 5.73 Å². The second-order valence-corrected chi connectivity index (χ2v) is 5.83. The molecule has 0 atom stereocenters. The summed E-state index contributed by atoms with van der Waals surface area (Å²) in [6.07, 6.45) is 2.03. The van der Waals surface area contributed by atoms with Gasteiger partial charge in [0.15, 0.2) is 0 Å². The molecule has 0 aliphatic rings. The minimum Gasteiger partial charge on any atom is -0.366 e. The average molecular weight is 282 g/mol. The zero-order valence-corrected chi connectivity index (χ0v) is 11.6. The Morgan fingerprint density at radius 1 is 1.50 bits per heavy atom. The van der Waals surface area contributed by atoms with Gasteiger partial charge in [-0.2, -0.15) is 0 Å². The van der Waals surface area contributed by atoms with Crippen LogP contribution in [0.5, 0.6) is 0 Å². The van der Waals surface area contributed by atoms with Gasteiger partial charge in [-0.15, -0.1) is 21.5 Å². The van der Waals surface area contributed by atoms with Gasteiger partial charge in [0.25, 0.3) is 0 Å². The second-order valence-electron chi connectivity index (χ2n) is 3.77. The first-order chi connectivity index (χ1) is 8.69. The normalized spacial score (nSPS) is 10.5. The van der Waals surface area contributed by atoms with Crippen LogP contribution in [0.1, 0.15) is 33.6 Å². The maximum absolute atomic E-state index is 11.0. The fourth-order valence-corrected chi connectivity index (χ4v) is 3.06. The molecule has 3 N–H and O–H groups in total. The topological polar surface area (TPSA) is 80.9 Å². The van der Waals surface area contributed by atoms with E-state index in [2.05, 4.69) is 22.4 Å². The van der Waals surface area contributed by atoms with Gasteiger partial charge in [-0.1, -0.05) is 18.3 Å². The van der Waals surface area contributed by atoms with Crippen LogP contribution in [-0.4, -0.2) is 16.1 Å². The maximum atomic E-state index is 11.0. The zero-order valence-electron chi connectivity index (χ0n) is 9.97. The molecule has 2 aromatic heterocycles.